The minimum absolute atomic E-state index is 0.0251. The number of anilines is 1. The van der Waals surface area contributed by atoms with Crippen LogP contribution in [0.2, 0.25) is 0 Å². The quantitative estimate of drug-likeness (QED) is 0.869. The minimum atomic E-state index is -0.428. The normalized spacial score (nSPS) is 29.6. The van der Waals surface area contributed by atoms with Crippen LogP contribution >= 0.6 is 0 Å². The van der Waals surface area contributed by atoms with Crippen molar-refractivity contribution in [2.75, 3.05) is 12.0 Å². The first kappa shape index (κ1) is 16.5. The van der Waals surface area contributed by atoms with E-state index in [9.17, 15) is 4.39 Å². The molecule has 2 aromatic heterocycles. The van der Waals surface area contributed by atoms with E-state index < -0.39 is 6.08 Å². The third-order valence-electron chi connectivity index (χ3n) is 6.65. The number of hydrogen-bond acceptors (Lipinski definition) is 7. The van der Waals surface area contributed by atoms with Crippen LogP contribution in [0.1, 0.15) is 56.4 Å². The van der Waals surface area contributed by atoms with E-state index in [1.165, 1.54) is 0 Å². The summed E-state index contributed by atoms with van der Waals surface area (Å²) in [6.45, 7) is 0. The Bertz CT molecular complexity index is 934. The molecule has 0 aromatic carbocycles. The average molecular weight is 386 g/mol. The van der Waals surface area contributed by atoms with Crippen LogP contribution in [0.5, 0.6) is 0 Å². The highest BCUT2D eigenvalue weighted by atomic mass is 19.1. The lowest BCUT2D eigenvalue weighted by Crippen LogP contribution is -2.55. The molecule has 148 valence electrons. The summed E-state index contributed by atoms with van der Waals surface area (Å²) in [6.07, 6.45) is 9.37. The third-order valence-corrected chi connectivity index (χ3v) is 6.65. The maximum absolute atomic E-state index is 14.6. The molecule has 2 saturated carbocycles. The molecular weight excluding hydrogens is 363 g/mol. The molecule has 0 spiro atoms. The predicted octanol–water partition coefficient (Wildman–Crippen LogP) is 2.01. The highest BCUT2D eigenvalue weighted by Gasteiger charge is 2.49. The van der Waals surface area contributed by atoms with Gasteiger partial charge in [0, 0.05) is 19.1 Å². The van der Waals surface area contributed by atoms with Gasteiger partial charge in [0.1, 0.15) is 18.1 Å². The van der Waals surface area contributed by atoms with E-state index in [1.54, 1.807) is 28.8 Å². The Kier molecular flexibility index (Phi) is 3.53. The SMILES string of the molecule is COC(c1cnnn1C1=NNC2C3CCCCC3n3c(cnc3F)N12)C1CC1. The number of imidazole rings is 1. The molecular formula is C18H23FN8O. The van der Waals surface area contributed by atoms with Gasteiger partial charge in [0.25, 0.3) is 12.0 Å². The maximum atomic E-state index is 14.6. The van der Waals surface area contributed by atoms with Gasteiger partial charge in [0.15, 0.2) is 0 Å². The van der Waals surface area contributed by atoms with Crippen molar-refractivity contribution in [2.24, 2.45) is 16.9 Å². The van der Waals surface area contributed by atoms with Crippen LogP contribution in [-0.2, 0) is 4.74 Å². The molecule has 2 aliphatic heterocycles. The fourth-order valence-electron chi connectivity index (χ4n) is 5.23. The molecule has 4 unspecified atom stereocenters. The van der Waals surface area contributed by atoms with E-state index in [2.05, 4.69) is 25.8 Å². The number of hydrogen-bond donors (Lipinski definition) is 1. The van der Waals surface area contributed by atoms with Crippen molar-refractivity contribution in [3.8, 4) is 0 Å². The molecule has 9 nitrogen and oxygen atoms in total. The number of hydrazone groups is 1. The Morgan fingerprint density at radius 3 is 2.89 bits per heavy atom. The van der Waals surface area contributed by atoms with Gasteiger partial charge in [0.2, 0.25) is 0 Å². The predicted molar refractivity (Wildman–Crippen MR) is 97.9 cm³/mol. The van der Waals surface area contributed by atoms with Gasteiger partial charge in [-0.2, -0.15) is 9.07 Å². The second kappa shape index (κ2) is 6.00. The van der Waals surface area contributed by atoms with Crippen molar-refractivity contribution in [1.29, 1.82) is 0 Å². The van der Waals surface area contributed by atoms with Crippen LogP contribution < -0.4 is 10.3 Å². The standard InChI is InChI=1S/C18H23FN8O/c1-28-15(10-6-7-10)13-8-21-24-27(13)18-23-22-16-11-4-2-3-5-12(11)25-14(26(16)18)9-20-17(25)19/h8-12,15-16,22H,2-7H2,1H3. The molecule has 0 bridgehead atoms. The van der Waals surface area contributed by atoms with Crippen LogP contribution in [0.15, 0.2) is 17.5 Å². The van der Waals surface area contributed by atoms with Gasteiger partial charge in [-0.05, 0) is 31.6 Å². The molecule has 2 aliphatic carbocycles. The van der Waals surface area contributed by atoms with E-state index >= 15 is 0 Å². The zero-order valence-electron chi connectivity index (χ0n) is 15.7. The van der Waals surface area contributed by atoms with Crippen molar-refractivity contribution >= 4 is 11.8 Å². The second-order valence-corrected chi connectivity index (χ2v) is 8.19. The number of methoxy groups -OCH3 is 1. The summed E-state index contributed by atoms with van der Waals surface area (Å²) < 4.78 is 23.8. The fourth-order valence-corrected chi connectivity index (χ4v) is 5.23. The molecule has 4 aliphatic rings. The number of nitrogens with zero attached hydrogens (tertiary/aromatic N) is 7. The Balaban J connectivity index is 1.44. The van der Waals surface area contributed by atoms with Crippen LogP contribution in [0, 0.1) is 17.9 Å². The first-order valence-corrected chi connectivity index (χ1v) is 10.1. The molecule has 2 aromatic rings. The fraction of sp³-hybridized carbons (Fsp3) is 0.667. The van der Waals surface area contributed by atoms with E-state index in [0.717, 1.165) is 50.0 Å². The van der Waals surface area contributed by atoms with Crippen molar-refractivity contribution in [3.63, 3.8) is 0 Å². The van der Waals surface area contributed by atoms with Crippen LogP contribution in [-0.4, -0.2) is 43.8 Å². The number of aromatic nitrogens is 5. The summed E-state index contributed by atoms with van der Waals surface area (Å²) in [5, 5.41) is 13.0. The van der Waals surface area contributed by atoms with E-state index in [-0.39, 0.29) is 24.2 Å². The second-order valence-electron chi connectivity index (χ2n) is 8.19. The van der Waals surface area contributed by atoms with Gasteiger partial charge in [-0.1, -0.05) is 18.1 Å². The Labute approximate surface area is 161 Å². The maximum Gasteiger partial charge on any atom is 0.291 e. The highest BCUT2D eigenvalue weighted by molar-refractivity contribution is 5.98. The lowest BCUT2D eigenvalue weighted by Gasteiger charge is -2.45. The zero-order valence-corrected chi connectivity index (χ0v) is 15.7. The molecule has 1 N–H and O–H groups in total. The number of rotatable bonds is 3. The first-order chi connectivity index (χ1) is 13.8. The van der Waals surface area contributed by atoms with Crippen molar-refractivity contribution < 1.29 is 9.13 Å². The largest absolute Gasteiger partial charge is 0.375 e. The molecule has 0 amide bonds. The van der Waals surface area contributed by atoms with Gasteiger partial charge in [-0.25, -0.2) is 4.98 Å². The van der Waals surface area contributed by atoms with Crippen LogP contribution in [0.25, 0.3) is 0 Å². The van der Waals surface area contributed by atoms with Gasteiger partial charge in [-0.3, -0.25) is 14.9 Å². The third kappa shape index (κ3) is 2.20. The number of halogens is 1. The highest BCUT2D eigenvalue weighted by Crippen LogP contribution is 2.46. The van der Waals surface area contributed by atoms with Crippen molar-refractivity contribution in [2.45, 2.75) is 56.8 Å². The lowest BCUT2D eigenvalue weighted by molar-refractivity contribution is 0.0794. The Hall–Kier alpha value is -2.49. The summed E-state index contributed by atoms with van der Waals surface area (Å²) in [4.78, 5) is 6.01. The summed E-state index contributed by atoms with van der Waals surface area (Å²) in [5.74, 6) is 2.07. The molecule has 4 atom stereocenters. The van der Waals surface area contributed by atoms with Crippen LogP contribution in [0.3, 0.4) is 0 Å². The van der Waals surface area contributed by atoms with E-state index in [0.29, 0.717) is 11.9 Å². The summed E-state index contributed by atoms with van der Waals surface area (Å²) in [6, 6.07) is 0.114. The zero-order chi connectivity index (χ0) is 18.8. The monoisotopic (exact) mass is 386 g/mol. The Morgan fingerprint density at radius 1 is 1.21 bits per heavy atom. The molecule has 0 saturated heterocycles. The van der Waals surface area contributed by atoms with Gasteiger partial charge < -0.3 is 4.74 Å². The smallest absolute Gasteiger partial charge is 0.291 e. The molecule has 0 radical (unpaired) electrons. The van der Waals surface area contributed by atoms with Crippen LogP contribution in [0.4, 0.5) is 10.2 Å². The molecule has 6 rings (SSSR count). The van der Waals surface area contributed by atoms with Gasteiger partial charge in [-0.15, -0.1) is 10.2 Å². The molecule has 10 heteroatoms. The summed E-state index contributed by atoms with van der Waals surface area (Å²) >= 11 is 0. The molecule has 28 heavy (non-hydrogen) atoms. The van der Waals surface area contributed by atoms with Crippen molar-refractivity contribution in [3.05, 3.63) is 24.2 Å². The number of nitrogens with one attached hydrogen (secondary N) is 1. The first-order valence-electron chi connectivity index (χ1n) is 10.1. The summed E-state index contributed by atoms with van der Waals surface area (Å²) in [5.41, 5.74) is 4.17. The molecule has 4 heterocycles. The van der Waals surface area contributed by atoms with Gasteiger partial charge in [0.05, 0.1) is 18.1 Å². The lowest BCUT2D eigenvalue weighted by atomic mass is 9.80. The van der Waals surface area contributed by atoms with Gasteiger partial charge >= 0.3 is 0 Å². The topological polar surface area (TPSA) is 85.4 Å². The van der Waals surface area contributed by atoms with Crippen molar-refractivity contribution in [1.82, 2.24) is 30.0 Å². The van der Waals surface area contributed by atoms with E-state index in [1.807, 2.05) is 4.90 Å². The number of ether oxygens (including phenoxy) is 1. The summed E-state index contributed by atoms with van der Waals surface area (Å²) in [7, 11) is 1.72. The minimum Gasteiger partial charge on any atom is -0.375 e. The average Bonchev–Trinajstić information content (AvgIpc) is 3.11. The number of fused-ring (bicyclic) bond motifs is 6. The van der Waals surface area contributed by atoms with E-state index in [4.69, 9.17) is 4.74 Å². The Morgan fingerprint density at radius 2 is 2.07 bits per heavy atom. The molecule has 2 fully saturated rings.